The Balaban J connectivity index is 1.71. The fourth-order valence-electron chi connectivity index (χ4n) is 3.89. The van der Waals surface area contributed by atoms with Gasteiger partial charge in [0.25, 0.3) is 0 Å². The van der Waals surface area contributed by atoms with Crippen molar-refractivity contribution in [1.82, 2.24) is 8.87 Å². The van der Waals surface area contributed by atoms with Crippen LogP contribution in [0.25, 0.3) is 0 Å². The van der Waals surface area contributed by atoms with Crippen LogP contribution in [0.2, 0.25) is 0 Å². The van der Waals surface area contributed by atoms with Gasteiger partial charge in [-0.2, -0.15) is 4.31 Å². The maximum absolute atomic E-state index is 13.1. The molecule has 0 fully saturated rings. The van der Waals surface area contributed by atoms with Gasteiger partial charge in [0.2, 0.25) is 10.0 Å². The van der Waals surface area contributed by atoms with Crippen molar-refractivity contribution in [1.29, 1.82) is 0 Å². The van der Waals surface area contributed by atoms with Crippen LogP contribution in [0, 0.1) is 0 Å². The van der Waals surface area contributed by atoms with E-state index in [1.165, 1.54) is 17.5 Å². The van der Waals surface area contributed by atoms with Gasteiger partial charge in [-0.25, -0.2) is 8.42 Å². The molecule has 2 heterocycles. The van der Waals surface area contributed by atoms with Crippen LogP contribution in [-0.4, -0.2) is 23.8 Å². The quantitative estimate of drug-likeness (QED) is 0.849. The molecule has 4 rings (SSSR count). The first-order valence-electron chi connectivity index (χ1n) is 8.36. The average Bonchev–Trinajstić information content (AvgIpc) is 3.04. The maximum Gasteiger partial charge on any atom is 0.243 e. The highest BCUT2D eigenvalue weighted by molar-refractivity contribution is 7.89. The normalized spacial score (nSPS) is 21.7. The van der Waals surface area contributed by atoms with E-state index in [0.29, 0.717) is 11.4 Å². The van der Waals surface area contributed by atoms with Gasteiger partial charge in [-0.05, 0) is 68.0 Å². The van der Waals surface area contributed by atoms with Crippen molar-refractivity contribution >= 4 is 10.0 Å². The third-order valence-corrected chi connectivity index (χ3v) is 7.18. The first kappa shape index (κ1) is 15.0. The van der Waals surface area contributed by atoms with Crippen molar-refractivity contribution in [3.8, 4) is 0 Å². The van der Waals surface area contributed by atoms with Gasteiger partial charge >= 0.3 is 0 Å². The number of fused-ring (bicyclic) bond motifs is 2. The Morgan fingerprint density at radius 3 is 2.65 bits per heavy atom. The van der Waals surface area contributed by atoms with Gasteiger partial charge in [-0.3, -0.25) is 0 Å². The topological polar surface area (TPSA) is 42.3 Å². The van der Waals surface area contributed by atoms with E-state index in [1.807, 2.05) is 37.4 Å². The first-order chi connectivity index (χ1) is 11.1. The summed E-state index contributed by atoms with van der Waals surface area (Å²) >= 11 is 0. The van der Waals surface area contributed by atoms with Crippen molar-refractivity contribution in [2.75, 3.05) is 6.54 Å². The number of rotatable bonds is 2. The second kappa shape index (κ2) is 5.49. The van der Waals surface area contributed by atoms with Gasteiger partial charge in [-0.15, -0.1) is 0 Å². The Morgan fingerprint density at radius 1 is 1.04 bits per heavy atom. The molecule has 0 N–H and O–H groups in total. The zero-order chi connectivity index (χ0) is 16.0. The summed E-state index contributed by atoms with van der Waals surface area (Å²) in [6.45, 7) is 3.22. The number of nitrogens with zero attached hydrogens (tertiary/aromatic N) is 2. The predicted molar refractivity (Wildman–Crippen MR) is 89.8 cm³/mol. The number of aromatic nitrogens is 1. The standard InChI is InChI=1S/C18H22N2O2S/c1-14-18-7-4-10-19(18)11-12-20(14)23(21,22)17-9-8-15-5-2-3-6-16(15)13-17/h4,7-10,13-14H,2-3,5-6,11-12H2,1H3/t14-/m0/s1. The Bertz CT molecular complexity index is 838. The zero-order valence-electron chi connectivity index (χ0n) is 13.4. The smallest absolute Gasteiger partial charge is 0.243 e. The summed E-state index contributed by atoms with van der Waals surface area (Å²) in [5.74, 6) is 0. The van der Waals surface area contributed by atoms with Gasteiger partial charge in [0.1, 0.15) is 0 Å². The molecule has 1 aliphatic heterocycles. The molecule has 122 valence electrons. The molecule has 1 atom stereocenters. The van der Waals surface area contributed by atoms with E-state index in [9.17, 15) is 8.42 Å². The van der Waals surface area contributed by atoms with Crippen molar-refractivity contribution in [2.24, 2.45) is 0 Å². The molecule has 5 heteroatoms. The first-order valence-corrected chi connectivity index (χ1v) is 9.80. The van der Waals surface area contributed by atoms with Crippen molar-refractivity contribution < 1.29 is 8.42 Å². The Morgan fingerprint density at radius 2 is 1.83 bits per heavy atom. The van der Waals surface area contributed by atoms with Crippen LogP contribution in [0.1, 0.15) is 42.6 Å². The van der Waals surface area contributed by atoms with Gasteiger partial charge in [0.05, 0.1) is 10.9 Å². The lowest BCUT2D eigenvalue weighted by atomic mass is 9.92. The predicted octanol–water partition coefficient (Wildman–Crippen LogP) is 3.13. The average molecular weight is 330 g/mol. The molecule has 1 aromatic carbocycles. The van der Waals surface area contributed by atoms with Crippen molar-refractivity contribution in [3.05, 3.63) is 53.3 Å². The Kier molecular flexibility index (Phi) is 3.58. The van der Waals surface area contributed by atoms with Gasteiger partial charge in [-0.1, -0.05) is 6.07 Å². The highest BCUT2D eigenvalue weighted by Gasteiger charge is 2.34. The van der Waals surface area contributed by atoms with E-state index in [0.717, 1.165) is 31.5 Å². The lowest BCUT2D eigenvalue weighted by Gasteiger charge is -2.34. The fourth-order valence-corrected chi connectivity index (χ4v) is 5.54. The molecule has 4 nitrogen and oxygen atoms in total. The molecule has 2 aromatic rings. The number of hydrogen-bond donors (Lipinski definition) is 0. The number of benzene rings is 1. The molecular weight excluding hydrogens is 308 g/mol. The van der Waals surface area contributed by atoms with Gasteiger partial charge < -0.3 is 4.57 Å². The molecule has 0 saturated heterocycles. The maximum atomic E-state index is 13.1. The Labute approximate surface area is 137 Å². The molecule has 1 aromatic heterocycles. The highest BCUT2D eigenvalue weighted by atomic mass is 32.2. The molecule has 0 saturated carbocycles. The summed E-state index contributed by atoms with van der Waals surface area (Å²) in [5, 5.41) is 0. The molecule has 0 unspecified atom stereocenters. The second-order valence-corrected chi connectivity index (χ2v) is 8.45. The van der Waals surface area contributed by atoms with Crippen LogP contribution in [0.4, 0.5) is 0 Å². The number of sulfonamides is 1. The fraction of sp³-hybridized carbons (Fsp3) is 0.444. The van der Waals surface area contributed by atoms with Crippen molar-refractivity contribution in [2.45, 2.75) is 50.1 Å². The number of hydrogen-bond acceptors (Lipinski definition) is 2. The lowest BCUT2D eigenvalue weighted by Crippen LogP contribution is -2.40. The number of aryl methyl sites for hydroxylation is 2. The van der Waals surface area contributed by atoms with Crippen molar-refractivity contribution in [3.63, 3.8) is 0 Å². The van der Waals surface area contributed by atoms with E-state index >= 15 is 0 Å². The van der Waals surface area contributed by atoms with E-state index < -0.39 is 10.0 Å². The SMILES string of the molecule is C[C@H]1c2cccn2CCN1S(=O)(=O)c1ccc2c(c1)CCCC2. The molecule has 0 spiro atoms. The van der Waals surface area contributed by atoms with E-state index in [1.54, 1.807) is 10.4 Å². The summed E-state index contributed by atoms with van der Waals surface area (Å²) in [4.78, 5) is 0.449. The summed E-state index contributed by atoms with van der Waals surface area (Å²) in [6, 6.07) is 9.59. The van der Waals surface area contributed by atoms with E-state index in [4.69, 9.17) is 0 Å². The zero-order valence-corrected chi connectivity index (χ0v) is 14.2. The molecular formula is C18H22N2O2S. The molecule has 1 aliphatic carbocycles. The van der Waals surface area contributed by atoms with Crippen LogP contribution < -0.4 is 0 Å². The van der Waals surface area contributed by atoms with E-state index in [-0.39, 0.29) is 6.04 Å². The molecule has 0 radical (unpaired) electrons. The van der Waals surface area contributed by atoms with Gasteiger partial charge in [0, 0.05) is 25.0 Å². The highest BCUT2D eigenvalue weighted by Crippen LogP contribution is 2.32. The van der Waals surface area contributed by atoms with Crippen LogP contribution >= 0.6 is 0 Å². The van der Waals surface area contributed by atoms with Crippen LogP contribution in [0.3, 0.4) is 0 Å². The lowest BCUT2D eigenvalue weighted by molar-refractivity contribution is 0.282. The molecule has 2 aliphatic rings. The van der Waals surface area contributed by atoms with E-state index in [2.05, 4.69) is 4.57 Å². The summed E-state index contributed by atoms with van der Waals surface area (Å²) < 4.78 is 30.1. The van der Waals surface area contributed by atoms with Crippen LogP contribution in [0.5, 0.6) is 0 Å². The summed E-state index contributed by atoms with van der Waals surface area (Å²) in [5.41, 5.74) is 3.60. The minimum absolute atomic E-state index is 0.125. The monoisotopic (exact) mass is 330 g/mol. The minimum Gasteiger partial charge on any atom is -0.349 e. The third kappa shape index (κ3) is 2.42. The molecule has 0 bridgehead atoms. The second-order valence-electron chi connectivity index (χ2n) is 6.56. The Hall–Kier alpha value is -1.59. The van der Waals surface area contributed by atoms with Crippen LogP contribution in [-0.2, 0) is 29.4 Å². The largest absolute Gasteiger partial charge is 0.349 e. The molecule has 23 heavy (non-hydrogen) atoms. The minimum atomic E-state index is -3.45. The third-order valence-electron chi connectivity index (χ3n) is 5.21. The van der Waals surface area contributed by atoms with Crippen LogP contribution in [0.15, 0.2) is 41.4 Å². The molecule has 0 amide bonds. The summed E-state index contributed by atoms with van der Waals surface area (Å²) in [6.07, 6.45) is 6.46. The van der Waals surface area contributed by atoms with Gasteiger partial charge in [0.15, 0.2) is 0 Å². The summed E-state index contributed by atoms with van der Waals surface area (Å²) in [7, 11) is -3.45.